The van der Waals surface area contributed by atoms with Crippen molar-refractivity contribution in [2.24, 2.45) is 0 Å². The lowest BCUT2D eigenvalue weighted by Gasteiger charge is -2.09. The Morgan fingerprint density at radius 2 is 1.73 bits per heavy atom. The third kappa shape index (κ3) is 4.12. The number of fused-ring (bicyclic) bond motifs is 1. The molecule has 2 N–H and O–H groups in total. The number of amides is 2. The van der Waals surface area contributed by atoms with Gasteiger partial charge in [-0.3, -0.25) is 20.4 Å². The second-order valence-corrected chi connectivity index (χ2v) is 6.33. The molecule has 0 saturated heterocycles. The first-order valence-electron chi connectivity index (χ1n) is 9.03. The Hall–Kier alpha value is -4.20. The van der Waals surface area contributed by atoms with E-state index in [1.165, 1.54) is 18.2 Å². The van der Waals surface area contributed by atoms with E-state index in [1.807, 2.05) is 30.3 Å². The van der Waals surface area contributed by atoms with Gasteiger partial charge in [-0.25, -0.2) is 4.39 Å². The van der Waals surface area contributed by atoms with E-state index in [4.69, 9.17) is 9.26 Å². The number of hydrogen-bond donors (Lipinski definition) is 2. The second-order valence-electron chi connectivity index (χ2n) is 6.33. The number of para-hydroxylation sites is 1. The fourth-order valence-electron chi connectivity index (χ4n) is 2.82. The highest BCUT2D eigenvalue weighted by Crippen LogP contribution is 2.29. The summed E-state index contributed by atoms with van der Waals surface area (Å²) >= 11 is 0. The predicted octanol–water partition coefficient (Wildman–Crippen LogP) is 3.47. The minimum Gasteiger partial charge on any atom is -0.481 e. The van der Waals surface area contributed by atoms with Crippen LogP contribution in [0.15, 0.2) is 77.3 Å². The number of hydrazine groups is 1. The van der Waals surface area contributed by atoms with Gasteiger partial charge in [-0.15, -0.1) is 0 Å². The zero-order valence-electron chi connectivity index (χ0n) is 15.6. The first kappa shape index (κ1) is 19.1. The van der Waals surface area contributed by atoms with E-state index < -0.39 is 24.2 Å². The number of ether oxygens (including phenoxy) is 1. The maximum Gasteiger partial charge on any atom is 0.276 e. The van der Waals surface area contributed by atoms with E-state index in [0.717, 1.165) is 5.56 Å². The van der Waals surface area contributed by atoms with Crippen molar-refractivity contribution in [2.75, 3.05) is 6.61 Å². The third-order valence-corrected chi connectivity index (χ3v) is 4.29. The van der Waals surface area contributed by atoms with Gasteiger partial charge in [-0.05, 0) is 30.3 Å². The minimum absolute atomic E-state index is 0.0506. The number of halogens is 1. The topological polar surface area (TPSA) is 93.5 Å². The number of carbonyl (C=O) groups excluding carboxylic acids is 2. The van der Waals surface area contributed by atoms with Crippen LogP contribution in [0.2, 0.25) is 0 Å². The summed E-state index contributed by atoms with van der Waals surface area (Å²) < 4.78 is 24.0. The maximum atomic E-state index is 13.5. The quantitative estimate of drug-likeness (QED) is 0.496. The van der Waals surface area contributed by atoms with E-state index >= 15 is 0 Å². The van der Waals surface area contributed by atoms with Crippen molar-refractivity contribution >= 4 is 22.7 Å². The molecule has 4 rings (SSSR count). The number of nitrogens with one attached hydrogen (secondary N) is 2. The molecule has 7 nitrogen and oxygen atoms in total. The number of carbonyl (C=O) groups is 2. The van der Waals surface area contributed by atoms with Gasteiger partial charge in [0, 0.05) is 11.1 Å². The van der Waals surface area contributed by atoms with Crippen LogP contribution in [0.5, 0.6) is 5.75 Å². The smallest absolute Gasteiger partial charge is 0.276 e. The molecule has 0 bridgehead atoms. The monoisotopic (exact) mass is 405 g/mol. The zero-order chi connectivity index (χ0) is 20.9. The number of aromatic nitrogens is 1. The molecule has 0 radical (unpaired) electrons. The van der Waals surface area contributed by atoms with Crippen LogP contribution >= 0.6 is 0 Å². The van der Waals surface area contributed by atoms with E-state index in [-0.39, 0.29) is 5.75 Å². The molecule has 0 fully saturated rings. The normalized spacial score (nSPS) is 10.6. The van der Waals surface area contributed by atoms with Gasteiger partial charge in [0.2, 0.25) is 0 Å². The van der Waals surface area contributed by atoms with Gasteiger partial charge in [-0.1, -0.05) is 47.6 Å². The summed E-state index contributed by atoms with van der Waals surface area (Å²) in [4.78, 5) is 24.3. The van der Waals surface area contributed by atoms with Crippen LogP contribution in [0.1, 0.15) is 10.4 Å². The zero-order valence-corrected chi connectivity index (χ0v) is 15.6. The van der Waals surface area contributed by atoms with Crippen molar-refractivity contribution in [2.45, 2.75) is 0 Å². The Bertz CT molecular complexity index is 1210. The summed E-state index contributed by atoms with van der Waals surface area (Å²) in [6, 6.07) is 20.0. The van der Waals surface area contributed by atoms with Crippen molar-refractivity contribution in [3.8, 4) is 17.1 Å². The molecule has 0 spiro atoms. The lowest BCUT2D eigenvalue weighted by atomic mass is 10.1. The summed E-state index contributed by atoms with van der Waals surface area (Å²) in [5.41, 5.74) is 6.27. The molecule has 0 aliphatic rings. The summed E-state index contributed by atoms with van der Waals surface area (Å²) in [5.74, 6) is -1.25. The molecular formula is C22H16FN3O4. The molecule has 2 amide bonds. The molecule has 8 heteroatoms. The van der Waals surface area contributed by atoms with Crippen molar-refractivity contribution in [3.05, 3.63) is 84.2 Å². The number of benzene rings is 3. The van der Waals surface area contributed by atoms with Crippen LogP contribution in [0.4, 0.5) is 4.39 Å². The molecule has 0 saturated carbocycles. The van der Waals surface area contributed by atoms with Crippen LogP contribution in [-0.4, -0.2) is 23.6 Å². The number of hydrogen-bond acceptors (Lipinski definition) is 5. The molecule has 0 aliphatic heterocycles. The molecule has 150 valence electrons. The number of rotatable bonds is 5. The standard InChI is InChI=1S/C22H16FN3O4/c23-17-8-4-5-9-19(17)29-13-20(27)24-25-22(28)15-10-11-18-16(12-15)21(30-26-18)14-6-2-1-3-7-14/h1-12H,13H2,(H,24,27)(H,25,28). The van der Waals surface area contributed by atoms with E-state index in [2.05, 4.69) is 16.0 Å². The van der Waals surface area contributed by atoms with Crippen molar-refractivity contribution in [1.29, 1.82) is 0 Å². The lowest BCUT2D eigenvalue weighted by molar-refractivity contribution is -0.123. The number of nitrogens with zero attached hydrogens (tertiary/aromatic N) is 1. The van der Waals surface area contributed by atoms with Crippen LogP contribution in [0, 0.1) is 5.82 Å². The SMILES string of the molecule is O=C(COc1ccccc1F)NNC(=O)c1ccc2noc(-c3ccccc3)c2c1. The molecule has 0 atom stereocenters. The minimum atomic E-state index is -0.636. The van der Waals surface area contributed by atoms with Crippen LogP contribution in [0.25, 0.3) is 22.2 Å². The lowest BCUT2D eigenvalue weighted by Crippen LogP contribution is -2.43. The van der Waals surface area contributed by atoms with Crippen LogP contribution < -0.4 is 15.6 Å². The molecule has 1 heterocycles. The Labute approximate surface area is 170 Å². The summed E-state index contributed by atoms with van der Waals surface area (Å²) in [6.07, 6.45) is 0. The Kier molecular flexibility index (Phi) is 5.38. The molecule has 4 aromatic rings. The van der Waals surface area contributed by atoms with Crippen molar-refractivity contribution in [3.63, 3.8) is 0 Å². The van der Waals surface area contributed by atoms with E-state index in [9.17, 15) is 14.0 Å². The summed E-state index contributed by atoms with van der Waals surface area (Å²) in [5, 5.41) is 4.68. The van der Waals surface area contributed by atoms with E-state index in [0.29, 0.717) is 22.2 Å². The molecule has 3 aromatic carbocycles. The largest absolute Gasteiger partial charge is 0.481 e. The fourth-order valence-corrected chi connectivity index (χ4v) is 2.82. The fraction of sp³-hybridized carbons (Fsp3) is 0.0455. The van der Waals surface area contributed by atoms with Gasteiger partial charge in [0.15, 0.2) is 23.9 Å². The van der Waals surface area contributed by atoms with Gasteiger partial charge in [0.25, 0.3) is 11.8 Å². The maximum absolute atomic E-state index is 13.5. The average Bonchev–Trinajstić information content (AvgIpc) is 3.21. The highest BCUT2D eigenvalue weighted by molar-refractivity contribution is 6.01. The first-order valence-corrected chi connectivity index (χ1v) is 9.03. The van der Waals surface area contributed by atoms with Gasteiger partial charge in [0.1, 0.15) is 5.52 Å². The second kappa shape index (κ2) is 8.44. The van der Waals surface area contributed by atoms with Gasteiger partial charge < -0.3 is 9.26 Å². The molecule has 0 unspecified atom stereocenters. The Morgan fingerprint density at radius 3 is 2.53 bits per heavy atom. The molecule has 1 aromatic heterocycles. The highest BCUT2D eigenvalue weighted by atomic mass is 19.1. The van der Waals surface area contributed by atoms with Crippen LogP contribution in [0.3, 0.4) is 0 Å². The average molecular weight is 405 g/mol. The summed E-state index contributed by atoms with van der Waals surface area (Å²) in [6.45, 7) is -0.454. The van der Waals surface area contributed by atoms with Crippen LogP contribution in [-0.2, 0) is 4.79 Å². The van der Waals surface area contributed by atoms with Gasteiger partial charge in [-0.2, -0.15) is 0 Å². The third-order valence-electron chi connectivity index (χ3n) is 4.29. The Morgan fingerprint density at radius 1 is 0.967 bits per heavy atom. The van der Waals surface area contributed by atoms with Gasteiger partial charge >= 0.3 is 0 Å². The first-order chi connectivity index (χ1) is 14.6. The van der Waals surface area contributed by atoms with Crippen molar-refractivity contribution < 1.29 is 23.2 Å². The molecule has 0 aliphatic carbocycles. The Balaban J connectivity index is 1.41. The summed E-state index contributed by atoms with van der Waals surface area (Å²) in [7, 11) is 0. The predicted molar refractivity (Wildman–Crippen MR) is 107 cm³/mol. The van der Waals surface area contributed by atoms with Crippen molar-refractivity contribution in [1.82, 2.24) is 16.0 Å². The molecule has 30 heavy (non-hydrogen) atoms. The van der Waals surface area contributed by atoms with E-state index in [1.54, 1.807) is 24.3 Å². The van der Waals surface area contributed by atoms with Gasteiger partial charge in [0.05, 0.1) is 5.39 Å². The molecular weight excluding hydrogens is 389 g/mol. The highest BCUT2D eigenvalue weighted by Gasteiger charge is 2.14.